The van der Waals surface area contributed by atoms with Gasteiger partial charge in [0.2, 0.25) is 0 Å². The zero-order valence-corrected chi connectivity index (χ0v) is 9.55. The molecule has 2 unspecified atom stereocenters. The van der Waals surface area contributed by atoms with Crippen molar-refractivity contribution in [1.82, 2.24) is 4.90 Å². The van der Waals surface area contributed by atoms with E-state index < -0.39 is 6.10 Å². The molecule has 1 aliphatic rings. The van der Waals surface area contributed by atoms with Crippen molar-refractivity contribution in [2.24, 2.45) is 0 Å². The Morgan fingerprint density at radius 2 is 2.19 bits per heavy atom. The summed E-state index contributed by atoms with van der Waals surface area (Å²) in [7, 11) is 0. The standard InChI is InChI=1S/C14H19NO/c1-2-14(16)13-9-6-10-15(13)11-12-7-4-3-5-8-12/h2-5,7-8,13-14,16H,1,6,9-11H2. The monoisotopic (exact) mass is 217 g/mol. The highest BCUT2D eigenvalue weighted by Crippen LogP contribution is 2.22. The molecule has 86 valence electrons. The molecule has 1 aromatic carbocycles. The maximum Gasteiger partial charge on any atom is 0.0873 e. The molecule has 2 heteroatoms. The molecule has 16 heavy (non-hydrogen) atoms. The SMILES string of the molecule is C=CC(O)C1CCCN1Cc1ccccc1. The zero-order chi connectivity index (χ0) is 11.4. The Morgan fingerprint density at radius 3 is 2.88 bits per heavy atom. The Labute approximate surface area is 97.2 Å². The van der Waals surface area contributed by atoms with E-state index in [2.05, 4.69) is 35.7 Å². The van der Waals surface area contributed by atoms with Crippen LogP contribution in [0.4, 0.5) is 0 Å². The summed E-state index contributed by atoms with van der Waals surface area (Å²) in [5, 5.41) is 9.85. The van der Waals surface area contributed by atoms with Crippen molar-refractivity contribution in [2.45, 2.75) is 31.5 Å². The molecule has 1 saturated heterocycles. The second kappa shape index (κ2) is 5.28. The molecule has 1 aromatic rings. The minimum Gasteiger partial charge on any atom is -0.387 e. The lowest BCUT2D eigenvalue weighted by Gasteiger charge is -2.26. The van der Waals surface area contributed by atoms with Crippen LogP contribution < -0.4 is 0 Å². The number of aliphatic hydroxyl groups excluding tert-OH is 1. The zero-order valence-electron chi connectivity index (χ0n) is 9.55. The van der Waals surface area contributed by atoms with Gasteiger partial charge in [-0.2, -0.15) is 0 Å². The molecule has 0 amide bonds. The van der Waals surface area contributed by atoms with E-state index >= 15 is 0 Å². The summed E-state index contributed by atoms with van der Waals surface area (Å²) in [6, 6.07) is 10.7. The lowest BCUT2D eigenvalue weighted by molar-refractivity contribution is 0.103. The van der Waals surface area contributed by atoms with Crippen LogP contribution in [0.15, 0.2) is 43.0 Å². The van der Waals surface area contributed by atoms with Gasteiger partial charge < -0.3 is 5.11 Å². The molecule has 2 nitrogen and oxygen atoms in total. The van der Waals surface area contributed by atoms with Gasteiger partial charge in [0.05, 0.1) is 6.10 Å². The van der Waals surface area contributed by atoms with E-state index in [4.69, 9.17) is 0 Å². The predicted octanol–water partition coefficient (Wildman–Crippen LogP) is 2.20. The Kier molecular flexibility index (Phi) is 3.75. The summed E-state index contributed by atoms with van der Waals surface area (Å²) in [6.45, 7) is 5.67. The predicted molar refractivity (Wildman–Crippen MR) is 66.1 cm³/mol. The average molecular weight is 217 g/mol. The van der Waals surface area contributed by atoms with Crippen LogP contribution >= 0.6 is 0 Å². The summed E-state index contributed by atoms with van der Waals surface area (Å²) in [5.41, 5.74) is 1.31. The Morgan fingerprint density at radius 1 is 1.44 bits per heavy atom. The first-order valence-electron chi connectivity index (χ1n) is 5.90. The molecule has 0 saturated carbocycles. The minimum atomic E-state index is -0.397. The quantitative estimate of drug-likeness (QED) is 0.782. The molecule has 2 atom stereocenters. The van der Waals surface area contributed by atoms with E-state index in [0.29, 0.717) is 0 Å². The number of benzene rings is 1. The number of hydrogen-bond acceptors (Lipinski definition) is 2. The van der Waals surface area contributed by atoms with Crippen molar-refractivity contribution in [3.05, 3.63) is 48.6 Å². The van der Waals surface area contributed by atoms with Gasteiger partial charge in [0.1, 0.15) is 0 Å². The van der Waals surface area contributed by atoms with Crippen LogP contribution in [0.2, 0.25) is 0 Å². The molecule has 1 N–H and O–H groups in total. The molecule has 0 bridgehead atoms. The first-order valence-corrected chi connectivity index (χ1v) is 5.90. The summed E-state index contributed by atoms with van der Waals surface area (Å²) >= 11 is 0. The van der Waals surface area contributed by atoms with Crippen LogP contribution in [0.25, 0.3) is 0 Å². The number of likely N-dealkylation sites (tertiary alicyclic amines) is 1. The second-order valence-corrected chi connectivity index (χ2v) is 4.39. The molecule has 0 aliphatic carbocycles. The van der Waals surface area contributed by atoms with Gasteiger partial charge in [-0.3, -0.25) is 4.90 Å². The van der Waals surface area contributed by atoms with Crippen molar-refractivity contribution in [1.29, 1.82) is 0 Å². The highest BCUT2D eigenvalue weighted by Gasteiger charge is 2.28. The van der Waals surface area contributed by atoms with Crippen LogP contribution in [0.1, 0.15) is 18.4 Å². The normalized spacial score (nSPS) is 23.2. The number of hydrogen-bond donors (Lipinski definition) is 1. The first kappa shape index (κ1) is 11.4. The first-order chi connectivity index (χ1) is 7.81. The number of nitrogens with zero attached hydrogens (tertiary/aromatic N) is 1. The van der Waals surface area contributed by atoms with Crippen molar-refractivity contribution in [3.8, 4) is 0 Å². The van der Waals surface area contributed by atoms with Crippen LogP contribution in [-0.2, 0) is 6.54 Å². The Bertz CT molecular complexity index is 336. The lowest BCUT2D eigenvalue weighted by Crippen LogP contribution is -2.37. The van der Waals surface area contributed by atoms with E-state index in [0.717, 1.165) is 19.5 Å². The van der Waals surface area contributed by atoms with E-state index in [1.807, 2.05) is 6.07 Å². The van der Waals surface area contributed by atoms with Crippen LogP contribution in [0, 0.1) is 0 Å². The van der Waals surface area contributed by atoms with Gasteiger partial charge in [-0.1, -0.05) is 36.4 Å². The highest BCUT2D eigenvalue weighted by molar-refractivity contribution is 5.15. The van der Waals surface area contributed by atoms with Gasteiger partial charge in [-0.05, 0) is 24.9 Å². The van der Waals surface area contributed by atoms with Crippen molar-refractivity contribution >= 4 is 0 Å². The molecule has 0 aromatic heterocycles. The topological polar surface area (TPSA) is 23.5 Å². The maximum atomic E-state index is 9.85. The minimum absolute atomic E-state index is 0.248. The fraction of sp³-hybridized carbons (Fsp3) is 0.429. The highest BCUT2D eigenvalue weighted by atomic mass is 16.3. The third-order valence-electron chi connectivity index (χ3n) is 3.28. The summed E-state index contributed by atoms with van der Waals surface area (Å²) in [6.07, 6.45) is 3.49. The summed E-state index contributed by atoms with van der Waals surface area (Å²) in [5.74, 6) is 0. The van der Waals surface area contributed by atoms with Crippen molar-refractivity contribution < 1.29 is 5.11 Å². The summed E-state index contributed by atoms with van der Waals surface area (Å²) in [4.78, 5) is 2.35. The van der Waals surface area contributed by atoms with E-state index in [9.17, 15) is 5.11 Å². The maximum absolute atomic E-state index is 9.85. The van der Waals surface area contributed by atoms with Gasteiger partial charge in [0.15, 0.2) is 0 Å². The molecule has 0 radical (unpaired) electrons. The van der Waals surface area contributed by atoms with Crippen LogP contribution in [0.5, 0.6) is 0 Å². The van der Waals surface area contributed by atoms with Crippen molar-refractivity contribution in [3.63, 3.8) is 0 Å². The Hall–Kier alpha value is -1.12. The van der Waals surface area contributed by atoms with E-state index in [-0.39, 0.29) is 6.04 Å². The molecule has 2 rings (SSSR count). The number of aliphatic hydroxyl groups is 1. The molecular formula is C14H19NO. The van der Waals surface area contributed by atoms with E-state index in [1.54, 1.807) is 6.08 Å². The fourth-order valence-electron chi connectivity index (χ4n) is 2.41. The smallest absolute Gasteiger partial charge is 0.0873 e. The van der Waals surface area contributed by atoms with Gasteiger partial charge in [-0.25, -0.2) is 0 Å². The van der Waals surface area contributed by atoms with Crippen LogP contribution in [-0.4, -0.2) is 28.7 Å². The van der Waals surface area contributed by atoms with Crippen LogP contribution in [0.3, 0.4) is 0 Å². The molecule has 1 fully saturated rings. The second-order valence-electron chi connectivity index (χ2n) is 4.39. The molecule has 1 aliphatic heterocycles. The molecule has 0 spiro atoms. The van der Waals surface area contributed by atoms with Gasteiger partial charge in [-0.15, -0.1) is 6.58 Å². The largest absolute Gasteiger partial charge is 0.387 e. The lowest BCUT2D eigenvalue weighted by atomic mass is 10.1. The average Bonchev–Trinajstić information content (AvgIpc) is 2.77. The van der Waals surface area contributed by atoms with E-state index in [1.165, 1.54) is 12.0 Å². The van der Waals surface area contributed by atoms with Crippen molar-refractivity contribution in [2.75, 3.05) is 6.54 Å². The Balaban J connectivity index is 2.01. The molecular weight excluding hydrogens is 198 g/mol. The third kappa shape index (κ3) is 2.52. The molecule has 1 heterocycles. The fourth-order valence-corrected chi connectivity index (χ4v) is 2.41. The van der Waals surface area contributed by atoms with Gasteiger partial charge in [0, 0.05) is 12.6 Å². The third-order valence-corrected chi connectivity index (χ3v) is 3.28. The number of rotatable bonds is 4. The van der Waals surface area contributed by atoms with Gasteiger partial charge >= 0.3 is 0 Å². The summed E-state index contributed by atoms with van der Waals surface area (Å²) < 4.78 is 0. The van der Waals surface area contributed by atoms with Gasteiger partial charge in [0.25, 0.3) is 0 Å².